The van der Waals surface area contributed by atoms with Crippen molar-refractivity contribution in [2.45, 2.75) is 0 Å². The minimum Gasteiger partial charge on any atom is -0.307 e. The number of hydrogen-bond acceptors (Lipinski definition) is 2. The van der Waals surface area contributed by atoms with Crippen molar-refractivity contribution >= 4 is 64.2 Å². The van der Waals surface area contributed by atoms with Crippen LogP contribution in [0.25, 0.3) is 58.6 Å². The first kappa shape index (κ1) is 16.1. The van der Waals surface area contributed by atoms with Gasteiger partial charge in [0.15, 0.2) is 0 Å². The first-order valence-corrected chi connectivity index (χ1v) is 10.9. The largest absolute Gasteiger partial charge is 0.307 e. The van der Waals surface area contributed by atoms with Crippen LogP contribution in [0, 0.1) is 0 Å². The number of hydrogen-bond donors (Lipinski definition) is 0. The number of pyridine rings is 1. The maximum atomic E-state index is 4.84. The molecule has 140 valence electrons. The average Bonchev–Trinajstić information content (AvgIpc) is 3.34. The Balaban J connectivity index is 1.73. The van der Waals surface area contributed by atoms with E-state index in [4.69, 9.17) is 4.98 Å². The van der Waals surface area contributed by atoms with Crippen LogP contribution in [0.2, 0.25) is 0 Å². The highest BCUT2D eigenvalue weighted by molar-refractivity contribution is 7.26. The normalized spacial score (nSPS) is 12.0. The van der Waals surface area contributed by atoms with Crippen molar-refractivity contribution in [2.24, 2.45) is 0 Å². The van der Waals surface area contributed by atoms with Gasteiger partial charge >= 0.3 is 0 Å². The highest BCUT2D eigenvalue weighted by atomic mass is 32.1. The van der Waals surface area contributed by atoms with Crippen molar-refractivity contribution in [3.05, 3.63) is 97.2 Å². The van der Waals surface area contributed by atoms with Crippen LogP contribution in [-0.2, 0) is 0 Å². The molecule has 7 rings (SSSR count). The summed E-state index contributed by atoms with van der Waals surface area (Å²) in [6.45, 7) is 0. The summed E-state index contributed by atoms with van der Waals surface area (Å²) in [7, 11) is 0. The Labute approximate surface area is 176 Å². The van der Waals surface area contributed by atoms with Crippen molar-refractivity contribution in [1.29, 1.82) is 0 Å². The third-order valence-corrected chi connectivity index (χ3v) is 7.24. The molecule has 0 unspecified atom stereocenters. The van der Waals surface area contributed by atoms with Gasteiger partial charge in [-0.2, -0.15) is 0 Å². The minimum atomic E-state index is 1.07. The van der Waals surface area contributed by atoms with Gasteiger partial charge in [0.1, 0.15) is 0 Å². The smallest absolute Gasteiger partial charge is 0.0977 e. The Morgan fingerprint density at radius 1 is 0.633 bits per heavy atom. The van der Waals surface area contributed by atoms with Gasteiger partial charge in [-0.3, -0.25) is 4.98 Å². The Morgan fingerprint density at radius 2 is 1.47 bits per heavy atom. The molecule has 0 atom stereocenters. The van der Waals surface area contributed by atoms with E-state index in [1.807, 2.05) is 23.6 Å². The fourth-order valence-electron chi connectivity index (χ4n) is 4.76. The number of aromatic nitrogens is 2. The van der Waals surface area contributed by atoms with Crippen LogP contribution < -0.4 is 0 Å². The molecule has 0 saturated heterocycles. The summed E-state index contributed by atoms with van der Waals surface area (Å²) < 4.78 is 5.02. The second kappa shape index (κ2) is 5.91. The molecule has 0 amide bonds. The lowest BCUT2D eigenvalue weighted by molar-refractivity contribution is 1.19. The van der Waals surface area contributed by atoms with Gasteiger partial charge in [-0.05, 0) is 35.7 Å². The van der Waals surface area contributed by atoms with Gasteiger partial charge in [-0.1, -0.05) is 60.7 Å². The first-order chi connectivity index (χ1) is 14.9. The fourth-order valence-corrected chi connectivity index (χ4v) is 6.00. The van der Waals surface area contributed by atoms with E-state index in [1.165, 1.54) is 47.5 Å². The van der Waals surface area contributed by atoms with E-state index in [0.29, 0.717) is 0 Å². The molecule has 0 aliphatic heterocycles. The van der Waals surface area contributed by atoms with Gasteiger partial charge in [-0.15, -0.1) is 11.3 Å². The lowest BCUT2D eigenvalue weighted by Gasteiger charge is -2.11. The molecule has 0 fully saturated rings. The maximum Gasteiger partial charge on any atom is 0.0977 e. The molecule has 0 saturated carbocycles. The lowest BCUT2D eigenvalue weighted by atomic mass is 10.1. The fraction of sp³-hybridized carbons (Fsp3) is 0. The molecular formula is C27H16N2S. The molecule has 0 bridgehead atoms. The predicted molar refractivity (Wildman–Crippen MR) is 129 cm³/mol. The summed E-state index contributed by atoms with van der Waals surface area (Å²) in [5.41, 5.74) is 4.62. The molecule has 0 N–H and O–H groups in total. The molecule has 2 nitrogen and oxygen atoms in total. The molecule has 0 aliphatic carbocycles. The van der Waals surface area contributed by atoms with Crippen LogP contribution in [0.4, 0.5) is 0 Å². The van der Waals surface area contributed by atoms with E-state index in [0.717, 1.165) is 11.0 Å². The van der Waals surface area contributed by atoms with E-state index in [9.17, 15) is 0 Å². The van der Waals surface area contributed by atoms with E-state index < -0.39 is 0 Å². The van der Waals surface area contributed by atoms with Crippen LogP contribution in [0.5, 0.6) is 0 Å². The summed E-state index contributed by atoms with van der Waals surface area (Å²) in [6, 6.07) is 32.5. The predicted octanol–water partition coefficient (Wildman–Crippen LogP) is 7.70. The molecule has 30 heavy (non-hydrogen) atoms. The Bertz CT molecular complexity index is 1750. The number of nitrogens with zero attached hydrogens (tertiary/aromatic N) is 2. The summed E-state index contributed by atoms with van der Waals surface area (Å²) >= 11 is 1.86. The van der Waals surface area contributed by atoms with E-state index in [-0.39, 0.29) is 0 Å². The minimum absolute atomic E-state index is 1.07. The Hall–Kier alpha value is -3.69. The van der Waals surface area contributed by atoms with E-state index >= 15 is 0 Å². The van der Waals surface area contributed by atoms with Crippen molar-refractivity contribution in [3.63, 3.8) is 0 Å². The van der Waals surface area contributed by atoms with Crippen molar-refractivity contribution < 1.29 is 0 Å². The van der Waals surface area contributed by atoms with Gasteiger partial charge in [0.05, 0.1) is 22.2 Å². The summed E-state index contributed by atoms with van der Waals surface area (Å²) in [5.74, 6) is 0. The molecule has 3 heteroatoms. The highest BCUT2D eigenvalue weighted by Gasteiger charge is 2.18. The second-order valence-corrected chi connectivity index (χ2v) is 8.69. The molecule has 0 radical (unpaired) electrons. The zero-order valence-electron chi connectivity index (χ0n) is 16.0. The zero-order valence-corrected chi connectivity index (χ0v) is 16.9. The molecule has 3 aromatic heterocycles. The second-order valence-electron chi connectivity index (χ2n) is 7.64. The summed E-state index contributed by atoms with van der Waals surface area (Å²) in [6.07, 6.45) is 1.90. The van der Waals surface area contributed by atoms with Gasteiger partial charge in [-0.25, -0.2) is 0 Å². The zero-order chi connectivity index (χ0) is 19.7. The average molecular weight is 401 g/mol. The molecular weight excluding hydrogens is 384 g/mol. The van der Waals surface area contributed by atoms with Crippen LogP contribution in [0.3, 0.4) is 0 Å². The maximum absolute atomic E-state index is 4.84. The van der Waals surface area contributed by atoms with Gasteiger partial charge < -0.3 is 4.57 Å². The number of fused-ring (bicyclic) bond motifs is 8. The number of rotatable bonds is 1. The van der Waals surface area contributed by atoms with Crippen molar-refractivity contribution in [1.82, 2.24) is 9.55 Å². The van der Waals surface area contributed by atoms with Crippen molar-refractivity contribution in [3.8, 4) is 5.69 Å². The third kappa shape index (κ3) is 2.05. The highest BCUT2D eigenvalue weighted by Crippen LogP contribution is 2.43. The van der Waals surface area contributed by atoms with E-state index in [2.05, 4.69) is 89.5 Å². The quantitative estimate of drug-likeness (QED) is 0.276. The van der Waals surface area contributed by atoms with Crippen LogP contribution in [-0.4, -0.2) is 9.55 Å². The van der Waals surface area contributed by atoms with Crippen molar-refractivity contribution in [2.75, 3.05) is 0 Å². The SMILES string of the molecule is c1ccc2c(-n3c4cccnc4c4c5sc6ccccc6c5ccc43)cccc2c1. The molecule has 4 aromatic carbocycles. The van der Waals surface area contributed by atoms with Crippen LogP contribution in [0.15, 0.2) is 97.2 Å². The topological polar surface area (TPSA) is 17.8 Å². The lowest BCUT2D eigenvalue weighted by Crippen LogP contribution is -1.95. The Morgan fingerprint density at radius 3 is 2.43 bits per heavy atom. The first-order valence-electron chi connectivity index (χ1n) is 10.1. The number of thiophene rings is 1. The molecule has 0 spiro atoms. The standard InChI is InChI=1S/C27H16N2S/c1-2-9-18-17(7-1)8-5-11-21(18)29-22-15-14-20-19-10-3-4-13-24(19)30-27(20)25(22)26-23(29)12-6-16-28-26/h1-16H. The summed E-state index contributed by atoms with van der Waals surface area (Å²) in [5, 5.41) is 6.38. The molecule has 0 aliphatic rings. The van der Waals surface area contributed by atoms with Gasteiger partial charge in [0.25, 0.3) is 0 Å². The number of benzene rings is 4. The van der Waals surface area contributed by atoms with Crippen LogP contribution in [0.1, 0.15) is 0 Å². The third-order valence-electron chi connectivity index (χ3n) is 6.04. The van der Waals surface area contributed by atoms with Gasteiger partial charge in [0.2, 0.25) is 0 Å². The Kier molecular flexibility index (Phi) is 3.18. The monoisotopic (exact) mass is 400 g/mol. The van der Waals surface area contributed by atoms with Crippen LogP contribution >= 0.6 is 11.3 Å². The molecule has 3 heterocycles. The van der Waals surface area contributed by atoms with E-state index in [1.54, 1.807) is 0 Å². The summed E-state index contributed by atoms with van der Waals surface area (Å²) in [4.78, 5) is 4.84. The van der Waals surface area contributed by atoms with Gasteiger partial charge in [0, 0.05) is 37.1 Å². The molecule has 7 aromatic rings.